The normalized spacial score (nSPS) is 17.7. The Balaban J connectivity index is 2.01. The van der Waals surface area contributed by atoms with Gasteiger partial charge in [-0.15, -0.1) is 0 Å². The number of halogens is 1. The van der Waals surface area contributed by atoms with E-state index in [1.54, 1.807) is 0 Å². The van der Waals surface area contributed by atoms with Gasteiger partial charge < -0.3 is 15.7 Å². The highest BCUT2D eigenvalue weighted by atomic mass is 19.1. The first-order valence-electron chi connectivity index (χ1n) is 6.36. The third kappa shape index (κ3) is 3.07. The molecule has 1 aliphatic carbocycles. The molecule has 1 aliphatic rings. The van der Waals surface area contributed by atoms with Gasteiger partial charge in [-0.25, -0.2) is 9.37 Å². The maximum absolute atomic E-state index is 13.5. The number of nitrogens with zero attached hydrogens (tertiary/aromatic N) is 2. The van der Waals surface area contributed by atoms with E-state index in [9.17, 15) is 9.50 Å². The summed E-state index contributed by atoms with van der Waals surface area (Å²) in [7, 11) is 0. The van der Waals surface area contributed by atoms with Crippen LogP contribution < -0.4 is 10.6 Å². The highest BCUT2D eigenvalue weighted by Gasteiger charge is 2.31. The van der Waals surface area contributed by atoms with Crippen LogP contribution in [0.4, 0.5) is 16.2 Å². The fourth-order valence-corrected chi connectivity index (χ4v) is 2.19. The van der Waals surface area contributed by atoms with Crippen molar-refractivity contribution in [2.24, 2.45) is 0 Å². The quantitative estimate of drug-likeness (QED) is 0.747. The summed E-state index contributed by atoms with van der Waals surface area (Å²) >= 11 is 0. The maximum atomic E-state index is 13.5. The largest absolute Gasteiger partial charge is 0.388 e. The van der Waals surface area contributed by atoms with E-state index in [0.717, 1.165) is 31.9 Å². The second-order valence-corrected chi connectivity index (χ2v) is 4.71. The Hall–Kier alpha value is -1.43. The first kappa shape index (κ1) is 13.0. The summed E-state index contributed by atoms with van der Waals surface area (Å²) < 4.78 is 13.5. The summed E-state index contributed by atoms with van der Waals surface area (Å²) in [4.78, 5) is 7.86. The van der Waals surface area contributed by atoms with Crippen LogP contribution in [-0.2, 0) is 0 Å². The molecule has 100 valence electrons. The smallest absolute Gasteiger partial charge is 0.224 e. The van der Waals surface area contributed by atoms with Crippen LogP contribution in [0.15, 0.2) is 6.20 Å². The Morgan fingerprint density at radius 3 is 2.78 bits per heavy atom. The van der Waals surface area contributed by atoms with Crippen LogP contribution in [0.5, 0.6) is 0 Å². The lowest BCUT2D eigenvalue weighted by Crippen LogP contribution is -2.34. The van der Waals surface area contributed by atoms with Crippen molar-refractivity contribution < 1.29 is 9.50 Å². The van der Waals surface area contributed by atoms with E-state index in [2.05, 4.69) is 20.6 Å². The molecular weight excluding hydrogens is 235 g/mol. The van der Waals surface area contributed by atoms with Crippen molar-refractivity contribution in [1.82, 2.24) is 9.97 Å². The standard InChI is InChI=1S/C12H19FN4O/c1-2-14-11-15-7-9(13)10(17-11)16-8-12(18)5-3-4-6-12/h7,18H,2-6,8H2,1H3,(H2,14,15,16,17). The molecule has 3 N–H and O–H groups in total. The zero-order chi connectivity index (χ0) is 13.0. The third-order valence-corrected chi connectivity index (χ3v) is 3.20. The lowest BCUT2D eigenvalue weighted by Gasteiger charge is -2.22. The molecule has 1 aromatic rings. The summed E-state index contributed by atoms with van der Waals surface area (Å²) in [5, 5.41) is 16.0. The summed E-state index contributed by atoms with van der Waals surface area (Å²) in [6, 6.07) is 0. The summed E-state index contributed by atoms with van der Waals surface area (Å²) in [5.41, 5.74) is -0.726. The number of aromatic nitrogens is 2. The zero-order valence-electron chi connectivity index (χ0n) is 10.5. The predicted octanol–water partition coefficient (Wildman–Crippen LogP) is 1.76. The molecule has 1 saturated carbocycles. The average Bonchev–Trinajstić information content (AvgIpc) is 2.78. The van der Waals surface area contributed by atoms with Crippen molar-refractivity contribution in [1.29, 1.82) is 0 Å². The number of hydrogen-bond acceptors (Lipinski definition) is 5. The van der Waals surface area contributed by atoms with Crippen molar-refractivity contribution in [2.75, 3.05) is 23.7 Å². The second kappa shape index (κ2) is 5.48. The van der Waals surface area contributed by atoms with Gasteiger partial charge in [0.1, 0.15) is 0 Å². The van der Waals surface area contributed by atoms with Gasteiger partial charge in [0, 0.05) is 13.1 Å². The number of rotatable bonds is 5. The van der Waals surface area contributed by atoms with E-state index >= 15 is 0 Å². The molecule has 0 amide bonds. The minimum Gasteiger partial charge on any atom is -0.388 e. The van der Waals surface area contributed by atoms with E-state index in [1.807, 2.05) is 6.92 Å². The monoisotopic (exact) mass is 254 g/mol. The first-order chi connectivity index (χ1) is 8.63. The van der Waals surface area contributed by atoms with E-state index in [1.165, 1.54) is 0 Å². The van der Waals surface area contributed by atoms with Crippen LogP contribution in [-0.4, -0.2) is 33.8 Å². The van der Waals surface area contributed by atoms with Crippen molar-refractivity contribution in [3.8, 4) is 0 Å². The molecule has 0 aliphatic heterocycles. The first-order valence-corrected chi connectivity index (χ1v) is 6.36. The van der Waals surface area contributed by atoms with Crippen molar-refractivity contribution in [2.45, 2.75) is 38.2 Å². The topological polar surface area (TPSA) is 70.1 Å². The maximum Gasteiger partial charge on any atom is 0.224 e. The minimum atomic E-state index is -0.726. The Kier molecular flexibility index (Phi) is 3.96. The Labute approximate surface area is 106 Å². The summed E-state index contributed by atoms with van der Waals surface area (Å²) in [5.74, 6) is 0.0272. The van der Waals surface area contributed by atoms with Gasteiger partial charge in [-0.05, 0) is 19.8 Å². The Morgan fingerprint density at radius 1 is 1.39 bits per heavy atom. The van der Waals surface area contributed by atoms with E-state index < -0.39 is 11.4 Å². The van der Waals surface area contributed by atoms with Gasteiger partial charge >= 0.3 is 0 Å². The molecule has 0 atom stereocenters. The molecule has 0 bridgehead atoms. The molecule has 0 radical (unpaired) electrons. The van der Waals surface area contributed by atoms with Crippen LogP contribution >= 0.6 is 0 Å². The second-order valence-electron chi connectivity index (χ2n) is 4.71. The van der Waals surface area contributed by atoms with Gasteiger partial charge in [-0.1, -0.05) is 12.8 Å². The van der Waals surface area contributed by atoms with Crippen LogP contribution in [0.1, 0.15) is 32.6 Å². The lowest BCUT2D eigenvalue weighted by atomic mass is 10.0. The predicted molar refractivity (Wildman–Crippen MR) is 68.1 cm³/mol. The zero-order valence-corrected chi connectivity index (χ0v) is 10.5. The average molecular weight is 254 g/mol. The molecule has 6 heteroatoms. The van der Waals surface area contributed by atoms with Gasteiger partial charge in [0.25, 0.3) is 0 Å². The van der Waals surface area contributed by atoms with Gasteiger partial charge in [-0.2, -0.15) is 4.98 Å². The highest BCUT2D eigenvalue weighted by molar-refractivity contribution is 5.41. The molecule has 0 spiro atoms. The molecule has 18 heavy (non-hydrogen) atoms. The fourth-order valence-electron chi connectivity index (χ4n) is 2.19. The van der Waals surface area contributed by atoms with Crippen LogP contribution in [0.25, 0.3) is 0 Å². The van der Waals surface area contributed by atoms with Crippen LogP contribution in [0.2, 0.25) is 0 Å². The number of nitrogens with one attached hydrogen (secondary N) is 2. The number of anilines is 2. The van der Waals surface area contributed by atoms with E-state index in [-0.39, 0.29) is 5.82 Å². The van der Waals surface area contributed by atoms with Crippen LogP contribution in [0.3, 0.4) is 0 Å². The SMILES string of the molecule is CCNc1ncc(F)c(NCC2(O)CCCC2)n1. The van der Waals surface area contributed by atoms with E-state index in [4.69, 9.17) is 0 Å². The number of aliphatic hydroxyl groups is 1. The molecule has 0 saturated heterocycles. The number of hydrogen-bond donors (Lipinski definition) is 3. The third-order valence-electron chi connectivity index (χ3n) is 3.20. The van der Waals surface area contributed by atoms with E-state index in [0.29, 0.717) is 19.0 Å². The molecule has 1 aromatic heterocycles. The molecule has 1 fully saturated rings. The van der Waals surface area contributed by atoms with Crippen molar-refractivity contribution >= 4 is 11.8 Å². The minimum absolute atomic E-state index is 0.140. The Bertz CT molecular complexity index is 407. The molecule has 5 nitrogen and oxygen atoms in total. The summed E-state index contributed by atoms with van der Waals surface area (Å²) in [6.45, 7) is 2.92. The fraction of sp³-hybridized carbons (Fsp3) is 0.667. The van der Waals surface area contributed by atoms with Crippen LogP contribution in [0, 0.1) is 5.82 Å². The van der Waals surface area contributed by atoms with Gasteiger partial charge in [0.15, 0.2) is 11.6 Å². The van der Waals surface area contributed by atoms with Gasteiger partial charge in [0.2, 0.25) is 5.95 Å². The summed E-state index contributed by atoms with van der Waals surface area (Å²) in [6.07, 6.45) is 4.69. The van der Waals surface area contributed by atoms with Crippen molar-refractivity contribution in [3.05, 3.63) is 12.0 Å². The molecule has 1 heterocycles. The Morgan fingerprint density at radius 2 is 2.11 bits per heavy atom. The van der Waals surface area contributed by atoms with Gasteiger partial charge in [0.05, 0.1) is 11.8 Å². The molecule has 0 unspecified atom stereocenters. The molecule has 0 aromatic carbocycles. The lowest BCUT2D eigenvalue weighted by molar-refractivity contribution is 0.0613. The van der Waals surface area contributed by atoms with Crippen molar-refractivity contribution in [3.63, 3.8) is 0 Å². The molecular formula is C12H19FN4O. The highest BCUT2D eigenvalue weighted by Crippen LogP contribution is 2.29. The van der Waals surface area contributed by atoms with Gasteiger partial charge in [-0.3, -0.25) is 0 Å². The molecule has 2 rings (SSSR count).